The van der Waals surface area contributed by atoms with Gasteiger partial charge in [0.05, 0.1) is 14.2 Å². The summed E-state index contributed by atoms with van der Waals surface area (Å²) in [6.07, 6.45) is 0.764. The van der Waals surface area contributed by atoms with E-state index in [4.69, 9.17) is 9.47 Å². The van der Waals surface area contributed by atoms with Crippen LogP contribution in [0.2, 0.25) is 0 Å². The molecule has 0 aliphatic heterocycles. The molecule has 0 aromatic heterocycles. The van der Waals surface area contributed by atoms with Crippen molar-refractivity contribution >= 4 is 29.9 Å². The third-order valence-electron chi connectivity index (χ3n) is 4.01. The summed E-state index contributed by atoms with van der Waals surface area (Å²) < 4.78 is 40.0. The van der Waals surface area contributed by atoms with Crippen molar-refractivity contribution in [2.75, 3.05) is 27.8 Å². The number of guanidine groups is 1. The van der Waals surface area contributed by atoms with Crippen LogP contribution in [0.3, 0.4) is 0 Å². The van der Waals surface area contributed by atoms with Crippen molar-refractivity contribution in [2.24, 2.45) is 4.99 Å². The number of rotatable bonds is 9. The Balaban J connectivity index is 0.00000420. The summed E-state index contributed by atoms with van der Waals surface area (Å²) in [7, 11) is 4.71. The smallest absolute Gasteiger partial charge is 0.387 e. The van der Waals surface area contributed by atoms with Crippen molar-refractivity contribution in [2.45, 2.75) is 19.6 Å². The van der Waals surface area contributed by atoms with Crippen LogP contribution in [0.4, 0.5) is 8.78 Å². The van der Waals surface area contributed by atoms with E-state index in [-0.39, 0.29) is 35.5 Å². The number of hydrogen-bond donors (Lipinski definition) is 2. The molecule has 0 aliphatic carbocycles. The topological polar surface area (TPSA) is 64.1 Å². The van der Waals surface area contributed by atoms with Gasteiger partial charge < -0.3 is 24.8 Å². The third kappa shape index (κ3) is 7.92. The Labute approximate surface area is 186 Å². The molecule has 2 N–H and O–H groups in total. The Hall–Kier alpha value is -2.30. The summed E-state index contributed by atoms with van der Waals surface area (Å²) in [6, 6.07) is 12.7. The number of nitrogens with one attached hydrogen (secondary N) is 2. The number of alkyl halides is 2. The van der Waals surface area contributed by atoms with E-state index in [1.807, 2.05) is 24.3 Å². The first-order valence-electron chi connectivity index (χ1n) is 8.75. The number of nitrogens with zero attached hydrogens (tertiary/aromatic N) is 1. The molecule has 0 atom stereocenters. The highest BCUT2D eigenvalue weighted by Gasteiger charge is 2.11. The molecule has 0 saturated heterocycles. The minimum atomic E-state index is -2.92. The van der Waals surface area contributed by atoms with Crippen LogP contribution in [-0.4, -0.2) is 40.4 Å². The second-order valence-electron chi connectivity index (χ2n) is 5.78. The molecule has 0 unspecified atom stereocenters. The van der Waals surface area contributed by atoms with Crippen molar-refractivity contribution < 1.29 is 23.0 Å². The normalized spacial score (nSPS) is 10.9. The Morgan fingerprint density at radius 2 is 1.72 bits per heavy atom. The van der Waals surface area contributed by atoms with E-state index in [0.717, 1.165) is 23.3 Å². The summed E-state index contributed by atoms with van der Waals surface area (Å²) in [5.74, 6) is 1.69. The largest absolute Gasteiger partial charge is 0.496 e. The summed E-state index contributed by atoms with van der Waals surface area (Å²) in [5.41, 5.74) is 1.85. The summed E-state index contributed by atoms with van der Waals surface area (Å²) in [4.78, 5) is 4.17. The average Bonchev–Trinajstić information content (AvgIpc) is 2.70. The maximum Gasteiger partial charge on any atom is 0.387 e. The number of hydrogen-bond acceptors (Lipinski definition) is 4. The second kappa shape index (κ2) is 13.0. The van der Waals surface area contributed by atoms with Crippen molar-refractivity contribution in [3.05, 3.63) is 53.6 Å². The number of aliphatic imine (C=N–C) groups is 1. The van der Waals surface area contributed by atoms with Gasteiger partial charge in [-0.3, -0.25) is 4.99 Å². The number of para-hydroxylation sites is 1. The molecule has 160 valence electrons. The van der Waals surface area contributed by atoms with E-state index in [2.05, 4.69) is 20.4 Å². The predicted molar refractivity (Wildman–Crippen MR) is 120 cm³/mol. The van der Waals surface area contributed by atoms with Gasteiger partial charge in [0, 0.05) is 20.1 Å². The minimum Gasteiger partial charge on any atom is -0.496 e. The van der Waals surface area contributed by atoms with Gasteiger partial charge in [-0.2, -0.15) is 8.78 Å². The summed E-state index contributed by atoms with van der Waals surface area (Å²) >= 11 is 0. The zero-order valence-electron chi connectivity index (χ0n) is 16.6. The summed E-state index contributed by atoms with van der Waals surface area (Å²) in [6.45, 7) is -1.87. The van der Waals surface area contributed by atoms with E-state index >= 15 is 0 Å². The van der Waals surface area contributed by atoms with Gasteiger partial charge in [0.25, 0.3) is 0 Å². The molecule has 0 fully saturated rings. The fraction of sp³-hybridized carbons (Fsp3) is 0.350. The molecule has 0 saturated carbocycles. The van der Waals surface area contributed by atoms with Gasteiger partial charge in [-0.15, -0.1) is 24.0 Å². The van der Waals surface area contributed by atoms with Gasteiger partial charge in [-0.05, 0) is 35.7 Å². The first-order chi connectivity index (χ1) is 13.6. The molecule has 0 aliphatic rings. The molecule has 2 rings (SSSR count). The van der Waals surface area contributed by atoms with Crippen LogP contribution in [-0.2, 0) is 13.0 Å². The quantitative estimate of drug-likeness (QED) is 0.299. The van der Waals surface area contributed by atoms with Crippen LogP contribution < -0.4 is 24.8 Å². The standard InChI is InChI=1S/C20H25F2N3O3.HI/c1-23-20(24-11-10-15-6-4-5-7-16(15)26-2)25-13-14-8-9-17(27-3)18(12-14)28-19(21)22;/h4-9,12,19H,10-11,13H2,1-3H3,(H2,23,24,25);1H. The van der Waals surface area contributed by atoms with Crippen molar-refractivity contribution in [3.63, 3.8) is 0 Å². The maximum atomic E-state index is 12.5. The molecular weight excluding hydrogens is 495 g/mol. The fourth-order valence-corrected chi connectivity index (χ4v) is 2.65. The molecule has 0 heterocycles. The van der Waals surface area contributed by atoms with Crippen LogP contribution in [0.15, 0.2) is 47.5 Å². The maximum absolute atomic E-state index is 12.5. The van der Waals surface area contributed by atoms with E-state index in [0.29, 0.717) is 19.0 Å². The van der Waals surface area contributed by atoms with Crippen LogP contribution in [0.5, 0.6) is 17.2 Å². The zero-order chi connectivity index (χ0) is 20.4. The molecule has 9 heteroatoms. The van der Waals surface area contributed by atoms with Gasteiger partial charge in [0.15, 0.2) is 17.5 Å². The van der Waals surface area contributed by atoms with Crippen molar-refractivity contribution in [1.82, 2.24) is 10.6 Å². The highest BCUT2D eigenvalue weighted by atomic mass is 127. The number of methoxy groups -OCH3 is 2. The Morgan fingerprint density at radius 3 is 2.38 bits per heavy atom. The van der Waals surface area contributed by atoms with E-state index in [9.17, 15) is 8.78 Å². The Morgan fingerprint density at radius 1 is 1.00 bits per heavy atom. The molecule has 29 heavy (non-hydrogen) atoms. The van der Waals surface area contributed by atoms with E-state index in [1.165, 1.54) is 13.2 Å². The molecule has 6 nitrogen and oxygen atoms in total. The number of benzene rings is 2. The molecule has 2 aromatic carbocycles. The second-order valence-corrected chi connectivity index (χ2v) is 5.78. The lowest BCUT2D eigenvalue weighted by Gasteiger charge is -2.14. The van der Waals surface area contributed by atoms with Gasteiger partial charge in [-0.1, -0.05) is 24.3 Å². The molecule has 0 bridgehead atoms. The number of halogens is 3. The fourth-order valence-electron chi connectivity index (χ4n) is 2.65. The van der Waals surface area contributed by atoms with Crippen LogP contribution in [0, 0.1) is 0 Å². The van der Waals surface area contributed by atoms with Crippen LogP contribution >= 0.6 is 24.0 Å². The highest BCUT2D eigenvalue weighted by molar-refractivity contribution is 14.0. The van der Waals surface area contributed by atoms with E-state index < -0.39 is 6.61 Å². The van der Waals surface area contributed by atoms with Crippen LogP contribution in [0.1, 0.15) is 11.1 Å². The number of ether oxygens (including phenoxy) is 3. The average molecular weight is 521 g/mol. The first kappa shape index (κ1) is 24.7. The van der Waals surface area contributed by atoms with Gasteiger partial charge in [0.1, 0.15) is 5.75 Å². The monoisotopic (exact) mass is 521 g/mol. The zero-order valence-corrected chi connectivity index (χ0v) is 18.9. The first-order valence-corrected chi connectivity index (χ1v) is 8.75. The van der Waals surface area contributed by atoms with Gasteiger partial charge in [-0.25, -0.2) is 0 Å². The Bertz CT molecular complexity index is 791. The molecular formula is C20H26F2IN3O3. The summed E-state index contributed by atoms with van der Waals surface area (Å²) in [5, 5.41) is 6.36. The lowest BCUT2D eigenvalue weighted by atomic mass is 10.1. The highest BCUT2D eigenvalue weighted by Crippen LogP contribution is 2.29. The van der Waals surface area contributed by atoms with Crippen molar-refractivity contribution in [1.29, 1.82) is 0 Å². The molecule has 0 amide bonds. The molecule has 0 spiro atoms. The van der Waals surface area contributed by atoms with Gasteiger partial charge >= 0.3 is 6.61 Å². The van der Waals surface area contributed by atoms with E-state index in [1.54, 1.807) is 26.3 Å². The minimum absolute atomic E-state index is 0. The lowest BCUT2D eigenvalue weighted by molar-refractivity contribution is -0.0512. The van der Waals surface area contributed by atoms with Crippen LogP contribution in [0.25, 0.3) is 0 Å². The molecule has 0 radical (unpaired) electrons. The lowest BCUT2D eigenvalue weighted by Crippen LogP contribution is -2.37. The predicted octanol–water partition coefficient (Wildman–Crippen LogP) is 3.83. The van der Waals surface area contributed by atoms with Gasteiger partial charge in [0.2, 0.25) is 0 Å². The van der Waals surface area contributed by atoms with Crippen molar-refractivity contribution in [3.8, 4) is 17.2 Å². The Kier molecular flexibility index (Phi) is 11.1. The third-order valence-corrected chi connectivity index (χ3v) is 4.01. The molecule has 2 aromatic rings. The SMILES string of the molecule is CN=C(NCCc1ccccc1OC)NCc1ccc(OC)c(OC(F)F)c1.I.